The predicted octanol–water partition coefficient (Wildman–Crippen LogP) is 2.29. The quantitative estimate of drug-likeness (QED) is 0.854. The van der Waals surface area contributed by atoms with Gasteiger partial charge in [-0.3, -0.25) is 0 Å². The van der Waals surface area contributed by atoms with Gasteiger partial charge in [-0.1, -0.05) is 6.07 Å². The van der Waals surface area contributed by atoms with Gasteiger partial charge in [-0.15, -0.1) is 0 Å². The molecular formula is C11H12BrN3O2. The second kappa shape index (κ2) is 4.75. The molecule has 0 aliphatic carbocycles. The first kappa shape index (κ1) is 11.9. The van der Waals surface area contributed by atoms with E-state index in [1.54, 1.807) is 7.05 Å². The molecule has 0 saturated heterocycles. The predicted molar refractivity (Wildman–Crippen MR) is 66.8 cm³/mol. The van der Waals surface area contributed by atoms with Crippen LogP contribution in [-0.4, -0.2) is 34.5 Å². The summed E-state index contributed by atoms with van der Waals surface area (Å²) < 4.78 is 7.35. The van der Waals surface area contributed by atoms with Crippen molar-refractivity contribution in [1.82, 2.24) is 14.3 Å². The number of methoxy groups -OCH3 is 1. The van der Waals surface area contributed by atoms with Crippen LogP contribution in [0.3, 0.4) is 0 Å². The fraction of sp³-hybridized carbons (Fsp3) is 0.273. The molecule has 0 N–H and O–H groups in total. The summed E-state index contributed by atoms with van der Waals surface area (Å²) >= 11 is 3.40. The number of fused-ring (bicyclic) bond motifs is 1. The molecule has 0 aliphatic heterocycles. The van der Waals surface area contributed by atoms with Gasteiger partial charge in [-0.2, -0.15) is 0 Å². The lowest BCUT2D eigenvalue weighted by molar-refractivity contribution is 0.130. The maximum absolute atomic E-state index is 11.3. The van der Waals surface area contributed by atoms with Gasteiger partial charge < -0.3 is 14.0 Å². The van der Waals surface area contributed by atoms with E-state index < -0.39 is 0 Å². The highest BCUT2D eigenvalue weighted by molar-refractivity contribution is 9.10. The largest absolute Gasteiger partial charge is 0.453 e. The number of ether oxygens (including phenoxy) is 1. The number of rotatable bonds is 2. The van der Waals surface area contributed by atoms with Gasteiger partial charge in [-0.25, -0.2) is 9.78 Å². The Balaban J connectivity index is 2.33. The highest BCUT2D eigenvalue weighted by Crippen LogP contribution is 2.19. The Bertz CT molecular complexity index is 553. The summed E-state index contributed by atoms with van der Waals surface area (Å²) in [6.45, 7) is 0.392. The van der Waals surface area contributed by atoms with Crippen LogP contribution in [0, 0.1) is 0 Å². The van der Waals surface area contributed by atoms with Gasteiger partial charge >= 0.3 is 6.09 Å². The van der Waals surface area contributed by atoms with Crippen LogP contribution in [0.1, 0.15) is 5.82 Å². The molecule has 0 saturated carbocycles. The third kappa shape index (κ3) is 2.26. The minimum atomic E-state index is -0.381. The molecule has 0 radical (unpaired) electrons. The second-order valence-electron chi connectivity index (χ2n) is 3.60. The Morgan fingerprint density at radius 1 is 1.59 bits per heavy atom. The van der Waals surface area contributed by atoms with E-state index in [9.17, 15) is 4.79 Å². The molecule has 17 heavy (non-hydrogen) atoms. The third-order valence-corrected chi connectivity index (χ3v) is 3.02. The van der Waals surface area contributed by atoms with E-state index in [0.29, 0.717) is 6.54 Å². The molecule has 0 aliphatic rings. The first-order valence-electron chi connectivity index (χ1n) is 5.04. The fourth-order valence-electron chi connectivity index (χ4n) is 1.60. The average molecular weight is 298 g/mol. The first-order valence-corrected chi connectivity index (χ1v) is 5.83. The van der Waals surface area contributed by atoms with E-state index in [2.05, 4.69) is 25.7 Å². The summed E-state index contributed by atoms with van der Waals surface area (Å²) in [6.07, 6.45) is 1.53. The van der Waals surface area contributed by atoms with Crippen LogP contribution in [0.4, 0.5) is 4.79 Å². The Morgan fingerprint density at radius 3 is 3.06 bits per heavy atom. The molecule has 0 aromatic carbocycles. The molecule has 90 valence electrons. The minimum Gasteiger partial charge on any atom is -0.453 e. The normalized spacial score (nSPS) is 10.5. The van der Waals surface area contributed by atoms with Crippen LogP contribution in [0.5, 0.6) is 0 Å². The maximum atomic E-state index is 11.3. The summed E-state index contributed by atoms with van der Waals surface area (Å²) in [6, 6.07) is 5.82. The van der Waals surface area contributed by atoms with Crippen molar-refractivity contribution in [3.63, 3.8) is 0 Å². The van der Waals surface area contributed by atoms with E-state index in [0.717, 1.165) is 15.9 Å². The Labute approximate surface area is 107 Å². The number of pyridine rings is 1. The van der Waals surface area contributed by atoms with Gasteiger partial charge in [0.1, 0.15) is 10.4 Å². The van der Waals surface area contributed by atoms with Crippen LogP contribution in [0.2, 0.25) is 0 Å². The molecule has 0 spiro atoms. The molecule has 2 rings (SSSR count). The summed E-state index contributed by atoms with van der Waals surface area (Å²) in [5.41, 5.74) is 0.973. The van der Waals surface area contributed by atoms with Crippen molar-refractivity contribution < 1.29 is 9.53 Å². The van der Waals surface area contributed by atoms with Crippen LogP contribution in [0.15, 0.2) is 29.0 Å². The Kier molecular flexibility index (Phi) is 3.33. The maximum Gasteiger partial charge on any atom is 0.409 e. The van der Waals surface area contributed by atoms with E-state index in [4.69, 9.17) is 0 Å². The molecule has 0 fully saturated rings. The van der Waals surface area contributed by atoms with Gasteiger partial charge in [0, 0.05) is 13.2 Å². The lowest BCUT2D eigenvalue weighted by atomic mass is 10.4. The summed E-state index contributed by atoms with van der Waals surface area (Å²) in [5, 5.41) is 0. The molecule has 1 amide bonds. The molecule has 0 atom stereocenters. The molecular weight excluding hydrogens is 286 g/mol. The SMILES string of the molecule is COC(=O)N(C)Cc1nc(Br)c2ccccn12. The van der Waals surface area contributed by atoms with E-state index in [1.807, 2.05) is 28.8 Å². The number of amides is 1. The van der Waals surface area contributed by atoms with Gasteiger partial charge in [-0.05, 0) is 28.1 Å². The zero-order valence-corrected chi connectivity index (χ0v) is 11.1. The van der Waals surface area contributed by atoms with Crippen molar-refractivity contribution in [2.45, 2.75) is 6.54 Å². The summed E-state index contributed by atoms with van der Waals surface area (Å²) in [4.78, 5) is 17.2. The standard InChI is InChI=1S/C11H12BrN3O2/c1-14(11(16)17-2)7-9-13-10(12)8-5-3-4-6-15(8)9/h3-6H,7H2,1-2H3. The topological polar surface area (TPSA) is 46.8 Å². The van der Waals surface area contributed by atoms with Gasteiger partial charge in [0.15, 0.2) is 0 Å². The van der Waals surface area contributed by atoms with Crippen molar-refractivity contribution in [3.8, 4) is 0 Å². The molecule has 0 bridgehead atoms. The Morgan fingerprint density at radius 2 is 2.35 bits per heavy atom. The number of imidazole rings is 1. The Hall–Kier alpha value is -1.56. The molecule has 2 heterocycles. The second-order valence-corrected chi connectivity index (χ2v) is 4.35. The monoisotopic (exact) mass is 297 g/mol. The average Bonchev–Trinajstić information content (AvgIpc) is 2.66. The van der Waals surface area contributed by atoms with Gasteiger partial charge in [0.2, 0.25) is 0 Å². The number of aromatic nitrogens is 2. The minimum absolute atomic E-state index is 0.381. The lowest BCUT2D eigenvalue weighted by Crippen LogP contribution is -2.26. The van der Waals surface area contributed by atoms with Crippen molar-refractivity contribution in [1.29, 1.82) is 0 Å². The van der Waals surface area contributed by atoms with Crippen LogP contribution in [0.25, 0.3) is 5.52 Å². The molecule has 2 aromatic rings. The first-order chi connectivity index (χ1) is 8.13. The smallest absolute Gasteiger partial charge is 0.409 e. The van der Waals surface area contributed by atoms with Crippen LogP contribution >= 0.6 is 15.9 Å². The van der Waals surface area contributed by atoms with Crippen molar-refractivity contribution in [3.05, 3.63) is 34.8 Å². The van der Waals surface area contributed by atoms with E-state index in [-0.39, 0.29) is 6.09 Å². The number of hydrogen-bond donors (Lipinski definition) is 0. The van der Waals surface area contributed by atoms with Crippen molar-refractivity contribution in [2.24, 2.45) is 0 Å². The molecule has 0 unspecified atom stereocenters. The van der Waals surface area contributed by atoms with E-state index >= 15 is 0 Å². The number of carbonyl (C=O) groups excluding carboxylic acids is 1. The number of carbonyl (C=O) groups is 1. The van der Waals surface area contributed by atoms with Crippen molar-refractivity contribution in [2.75, 3.05) is 14.2 Å². The third-order valence-electron chi connectivity index (χ3n) is 2.44. The summed E-state index contributed by atoms with van der Waals surface area (Å²) in [5.74, 6) is 0.778. The van der Waals surface area contributed by atoms with Crippen molar-refractivity contribution >= 4 is 27.5 Å². The molecule has 5 nitrogen and oxygen atoms in total. The number of halogens is 1. The fourth-order valence-corrected chi connectivity index (χ4v) is 2.13. The van der Waals surface area contributed by atoms with Gasteiger partial charge in [0.25, 0.3) is 0 Å². The highest BCUT2D eigenvalue weighted by Gasteiger charge is 2.14. The molecule has 6 heteroatoms. The zero-order chi connectivity index (χ0) is 12.4. The number of hydrogen-bond acceptors (Lipinski definition) is 3. The summed E-state index contributed by atoms with van der Waals surface area (Å²) in [7, 11) is 3.03. The van der Waals surface area contributed by atoms with Crippen LogP contribution in [-0.2, 0) is 11.3 Å². The number of nitrogens with zero attached hydrogens (tertiary/aromatic N) is 3. The van der Waals surface area contributed by atoms with Gasteiger partial charge in [0.05, 0.1) is 19.2 Å². The molecule has 2 aromatic heterocycles. The zero-order valence-electron chi connectivity index (χ0n) is 9.55. The highest BCUT2D eigenvalue weighted by atomic mass is 79.9. The van der Waals surface area contributed by atoms with E-state index in [1.165, 1.54) is 12.0 Å². The van der Waals surface area contributed by atoms with Crippen LogP contribution < -0.4 is 0 Å². The lowest BCUT2D eigenvalue weighted by Gasteiger charge is -2.14.